The van der Waals surface area contributed by atoms with Crippen LogP contribution in [0.15, 0.2) is 24.3 Å². The molecule has 0 rings (SSSR count). The average Bonchev–Trinajstić information content (AvgIpc) is 2.63. The summed E-state index contributed by atoms with van der Waals surface area (Å²) in [6, 6.07) is -0.455. The smallest absolute Gasteiger partial charge is 0.308 e. The minimum absolute atomic E-state index is 0.263. The molecule has 0 saturated heterocycles. The summed E-state index contributed by atoms with van der Waals surface area (Å²) in [7, 11) is 0. The Labute approximate surface area is 153 Å². The molecule has 0 aliphatic heterocycles. The third-order valence-electron chi connectivity index (χ3n) is 3.96. The third-order valence-corrected chi connectivity index (χ3v) is 3.96. The summed E-state index contributed by atoms with van der Waals surface area (Å²) < 4.78 is 0. The lowest BCUT2D eigenvalue weighted by molar-refractivity contribution is -0.193. The zero-order valence-corrected chi connectivity index (χ0v) is 16.7. The number of unbranched alkanes of at least 4 members (excludes halogenated alkanes) is 2. The molecule has 1 amide bonds. The van der Waals surface area contributed by atoms with Crippen molar-refractivity contribution in [3.63, 3.8) is 0 Å². The zero-order valence-electron chi connectivity index (χ0n) is 16.7. The van der Waals surface area contributed by atoms with Crippen LogP contribution in [-0.4, -0.2) is 35.2 Å². The van der Waals surface area contributed by atoms with Gasteiger partial charge in [-0.2, -0.15) is 0 Å². The monoisotopic (exact) mass is 355 g/mol. The van der Waals surface area contributed by atoms with E-state index in [4.69, 9.17) is 4.84 Å². The van der Waals surface area contributed by atoms with E-state index in [2.05, 4.69) is 13.5 Å². The van der Waals surface area contributed by atoms with Gasteiger partial charge in [-0.1, -0.05) is 72.6 Å². The first-order valence-corrected chi connectivity index (χ1v) is 9.45. The van der Waals surface area contributed by atoms with Gasteiger partial charge >= 0.3 is 5.97 Å². The van der Waals surface area contributed by atoms with Crippen molar-refractivity contribution in [3.05, 3.63) is 24.3 Å². The number of hydrogen-bond donors (Lipinski definition) is 1. The van der Waals surface area contributed by atoms with Crippen molar-refractivity contribution >= 4 is 12.4 Å². The van der Waals surface area contributed by atoms with Crippen LogP contribution in [0.3, 0.4) is 0 Å². The lowest BCUT2D eigenvalue weighted by Crippen LogP contribution is -2.43. The van der Waals surface area contributed by atoms with Crippen LogP contribution in [0.1, 0.15) is 73.1 Å². The first-order chi connectivity index (χ1) is 12.0. The van der Waals surface area contributed by atoms with Gasteiger partial charge in [-0.15, -0.1) is 0 Å². The van der Waals surface area contributed by atoms with E-state index in [1.54, 1.807) is 6.08 Å². The average molecular weight is 356 g/mol. The van der Waals surface area contributed by atoms with Crippen LogP contribution in [0.5, 0.6) is 0 Å². The quantitative estimate of drug-likeness (QED) is 0.206. The molecule has 0 heterocycles. The van der Waals surface area contributed by atoms with Crippen LogP contribution in [0.2, 0.25) is 0 Å². The van der Waals surface area contributed by atoms with Gasteiger partial charge in [0.1, 0.15) is 0 Å². The Kier molecular flexibility index (Phi) is 17.6. The molecule has 25 heavy (non-hydrogen) atoms. The van der Waals surface area contributed by atoms with Crippen molar-refractivity contribution in [2.45, 2.75) is 79.2 Å². The van der Waals surface area contributed by atoms with Crippen molar-refractivity contribution in [3.8, 4) is 0 Å². The van der Waals surface area contributed by atoms with Gasteiger partial charge in [-0.25, -0.2) is 5.06 Å². The molecule has 0 aromatic rings. The van der Waals surface area contributed by atoms with Gasteiger partial charge in [-0.3, -0.25) is 14.4 Å². The maximum absolute atomic E-state index is 11.6. The van der Waals surface area contributed by atoms with Gasteiger partial charge in [-0.05, 0) is 24.8 Å². The molecule has 2 atom stereocenters. The molecule has 0 radical (unpaired) electrons. The van der Waals surface area contributed by atoms with Crippen LogP contribution in [-0.2, 0) is 14.4 Å². The van der Waals surface area contributed by atoms with Gasteiger partial charge in [0, 0.05) is 0 Å². The summed E-state index contributed by atoms with van der Waals surface area (Å²) in [5.41, 5.74) is 1.000. The Balaban J connectivity index is 0. The number of amides is 1. The summed E-state index contributed by atoms with van der Waals surface area (Å²) in [5.74, 6) is -1.48. The van der Waals surface area contributed by atoms with Crippen molar-refractivity contribution in [2.24, 2.45) is 5.92 Å². The second kappa shape index (κ2) is 17.2. The van der Waals surface area contributed by atoms with E-state index in [-0.39, 0.29) is 6.61 Å². The van der Waals surface area contributed by atoms with E-state index in [1.165, 1.54) is 5.06 Å². The molecule has 0 aromatic heterocycles. The van der Waals surface area contributed by atoms with Crippen molar-refractivity contribution in [1.82, 2.24) is 5.06 Å². The fourth-order valence-electron chi connectivity index (χ4n) is 2.53. The predicted molar refractivity (Wildman–Crippen MR) is 103 cm³/mol. The third kappa shape index (κ3) is 10.8. The van der Waals surface area contributed by atoms with Crippen molar-refractivity contribution in [2.75, 3.05) is 6.61 Å². The molecule has 0 bridgehead atoms. The molecule has 5 nitrogen and oxygen atoms in total. The first-order valence-electron chi connectivity index (χ1n) is 9.45. The maximum atomic E-state index is 11.6. The molecule has 5 heteroatoms. The lowest BCUT2D eigenvalue weighted by atomic mass is 9.91. The summed E-state index contributed by atoms with van der Waals surface area (Å²) >= 11 is 0. The topological polar surface area (TPSA) is 66.8 Å². The number of allylic oxidation sites excluding steroid dienone is 2. The normalized spacial score (nSPS) is 13.2. The van der Waals surface area contributed by atoms with E-state index in [0.717, 1.165) is 31.3 Å². The molecule has 0 fully saturated rings. The summed E-state index contributed by atoms with van der Waals surface area (Å²) in [6.45, 7) is 13.9. The van der Waals surface area contributed by atoms with Crippen LogP contribution < -0.4 is 0 Å². The Morgan fingerprint density at radius 2 is 1.88 bits per heavy atom. The van der Waals surface area contributed by atoms with Crippen LogP contribution in [0.4, 0.5) is 0 Å². The van der Waals surface area contributed by atoms with E-state index < -0.39 is 17.9 Å². The minimum atomic E-state index is -0.874. The van der Waals surface area contributed by atoms with Gasteiger partial charge in [0.25, 0.3) is 0 Å². The molecule has 2 unspecified atom stereocenters. The number of hydroxylamine groups is 2. The molecule has 0 aliphatic rings. The number of carboxylic acids is 1. The fourth-order valence-corrected chi connectivity index (χ4v) is 2.53. The molecular weight excluding hydrogens is 318 g/mol. The van der Waals surface area contributed by atoms with Gasteiger partial charge in [0.15, 0.2) is 0 Å². The summed E-state index contributed by atoms with van der Waals surface area (Å²) in [6.07, 6.45) is 8.85. The summed E-state index contributed by atoms with van der Waals surface area (Å²) in [5, 5.41) is 10.7. The molecule has 146 valence electrons. The second-order valence-electron chi connectivity index (χ2n) is 5.57. The van der Waals surface area contributed by atoms with Crippen molar-refractivity contribution < 1.29 is 19.5 Å². The Morgan fingerprint density at radius 1 is 1.24 bits per heavy atom. The largest absolute Gasteiger partial charge is 0.481 e. The van der Waals surface area contributed by atoms with Crippen LogP contribution in [0.25, 0.3) is 0 Å². The molecule has 0 spiro atoms. The molecule has 1 N–H and O–H groups in total. The molecule has 0 aromatic carbocycles. The SMILES string of the molecule is C=C/C=C(\CC)CON(C=O)C(CC)C(CCCCC)C(=O)O.CC. The highest BCUT2D eigenvalue weighted by atomic mass is 16.7. The standard InChI is InChI=1S/C18H31NO4.C2H6/c1-5-9-10-12-16(18(21)22)17(8-4)19(14-20)23-13-15(7-3)11-6-2;1-2/h6,11,14,16-17H,2,5,7-10,12-13H2,1,3-4H3,(H,21,22);1-2H3/b15-11+;. The van der Waals surface area contributed by atoms with Crippen molar-refractivity contribution in [1.29, 1.82) is 0 Å². The predicted octanol–water partition coefficient (Wildman–Crippen LogP) is 4.98. The van der Waals surface area contributed by atoms with Crippen LogP contribution in [0, 0.1) is 5.92 Å². The van der Waals surface area contributed by atoms with E-state index in [1.807, 2.05) is 33.8 Å². The molecule has 0 saturated carbocycles. The lowest BCUT2D eigenvalue weighted by Gasteiger charge is -2.31. The highest BCUT2D eigenvalue weighted by Crippen LogP contribution is 2.22. The Bertz CT molecular complexity index is 393. The highest BCUT2D eigenvalue weighted by Gasteiger charge is 2.31. The molecule has 0 aliphatic carbocycles. The minimum Gasteiger partial charge on any atom is -0.481 e. The fraction of sp³-hybridized carbons (Fsp3) is 0.700. The highest BCUT2D eigenvalue weighted by molar-refractivity contribution is 5.71. The number of carbonyl (C=O) groups is 2. The number of carboxylic acid groups (broad SMARTS) is 1. The Morgan fingerprint density at radius 3 is 2.28 bits per heavy atom. The number of rotatable bonds is 14. The number of nitrogens with zero attached hydrogens (tertiary/aromatic N) is 1. The first kappa shape index (κ1) is 25.6. The van der Waals surface area contributed by atoms with Gasteiger partial charge < -0.3 is 5.11 Å². The Hall–Kier alpha value is -1.62. The number of hydrogen-bond acceptors (Lipinski definition) is 3. The van der Waals surface area contributed by atoms with E-state index in [9.17, 15) is 14.7 Å². The number of carbonyl (C=O) groups excluding carboxylic acids is 1. The van der Waals surface area contributed by atoms with Gasteiger partial charge in [0.2, 0.25) is 6.41 Å². The maximum Gasteiger partial charge on any atom is 0.308 e. The number of aliphatic carboxylic acids is 1. The second-order valence-corrected chi connectivity index (χ2v) is 5.57. The van der Waals surface area contributed by atoms with Crippen LogP contribution >= 0.6 is 0 Å². The zero-order chi connectivity index (χ0) is 19.7. The molecular formula is C20H37NO4. The van der Waals surface area contributed by atoms with E-state index in [0.29, 0.717) is 19.3 Å². The van der Waals surface area contributed by atoms with E-state index >= 15 is 0 Å². The van der Waals surface area contributed by atoms with Gasteiger partial charge in [0.05, 0.1) is 18.6 Å². The summed E-state index contributed by atoms with van der Waals surface area (Å²) in [4.78, 5) is 28.6.